The summed E-state index contributed by atoms with van der Waals surface area (Å²) in [5.74, 6) is -0.863. The average Bonchev–Trinajstić information content (AvgIpc) is 2.95. The van der Waals surface area contributed by atoms with Gasteiger partial charge in [-0.2, -0.15) is 0 Å². The van der Waals surface area contributed by atoms with Crippen LogP contribution in [0.25, 0.3) is 21.9 Å². The number of amides is 1. The highest BCUT2D eigenvalue weighted by Crippen LogP contribution is 2.28. The van der Waals surface area contributed by atoms with Crippen LogP contribution in [0.3, 0.4) is 0 Å². The number of nitrogens with one attached hydrogen (secondary N) is 1. The Morgan fingerprint density at radius 1 is 0.900 bits per heavy atom. The predicted octanol–water partition coefficient (Wildman–Crippen LogP) is 6.03. The van der Waals surface area contributed by atoms with Crippen molar-refractivity contribution in [3.05, 3.63) is 95.5 Å². The van der Waals surface area contributed by atoms with Crippen molar-refractivity contribution >= 4 is 55.5 Å². The maximum absolute atomic E-state index is 12.3. The highest BCUT2D eigenvalue weighted by molar-refractivity contribution is 9.10. The van der Waals surface area contributed by atoms with Crippen LogP contribution in [-0.2, 0) is 20.9 Å². The van der Waals surface area contributed by atoms with E-state index in [1.54, 1.807) is 24.3 Å². The van der Waals surface area contributed by atoms with Gasteiger partial charge in [0.2, 0.25) is 0 Å². The Bertz CT molecular complexity index is 1470. The van der Waals surface area contributed by atoms with Gasteiger partial charge in [-0.15, -0.1) is 0 Å². The second-order valence-corrected chi connectivity index (χ2v) is 10.8. The van der Waals surface area contributed by atoms with E-state index in [1.165, 1.54) is 0 Å². The van der Waals surface area contributed by atoms with E-state index in [-0.39, 0.29) is 18.9 Å². The van der Waals surface area contributed by atoms with Crippen LogP contribution >= 0.6 is 15.9 Å². The molecule has 10 heteroatoms. The van der Waals surface area contributed by atoms with Crippen molar-refractivity contribution in [1.29, 1.82) is 0 Å². The number of carboxylic acid groups (broad SMARTS) is 1. The lowest BCUT2D eigenvalue weighted by Gasteiger charge is -2.27. The maximum atomic E-state index is 12.3. The molecule has 8 nitrogen and oxygen atoms in total. The van der Waals surface area contributed by atoms with Crippen molar-refractivity contribution in [2.45, 2.75) is 25.3 Å². The first-order chi connectivity index (χ1) is 19.3. The number of halogens is 1. The van der Waals surface area contributed by atoms with Crippen LogP contribution in [0.2, 0.25) is 0 Å². The van der Waals surface area contributed by atoms with Crippen LogP contribution in [0.4, 0.5) is 5.69 Å². The van der Waals surface area contributed by atoms with E-state index in [0.717, 1.165) is 30.7 Å². The van der Waals surface area contributed by atoms with E-state index in [0.29, 0.717) is 30.8 Å². The second-order valence-electron chi connectivity index (χ2n) is 9.08. The molecule has 0 saturated carbocycles. The van der Waals surface area contributed by atoms with E-state index in [1.807, 2.05) is 66.7 Å². The number of fused-ring (bicyclic) bond motifs is 1. The number of aliphatic carboxylic acids is 1. The molecular formula is C30H29BrN2O6S. The van der Waals surface area contributed by atoms with Crippen LogP contribution in [0.15, 0.2) is 95.5 Å². The van der Waals surface area contributed by atoms with Crippen LogP contribution in [0, 0.1) is 0 Å². The van der Waals surface area contributed by atoms with Crippen LogP contribution in [0.5, 0.6) is 5.75 Å². The highest BCUT2D eigenvalue weighted by Gasteiger charge is 2.29. The lowest BCUT2D eigenvalue weighted by atomic mass is 10.0. The molecule has 0 radical (unpaired) electrons. The normalized spacial score (nSPS) is 12.4. The molecule has 0 heterocycles. The molecule has 0 aliphatic heterocycles. The van der Waals surface area contributed by atoms with Crippen molar-refractivity contribution in [3.63, 3.8) is 0 Å². The van der Waals surface area contributed by atoms with Crippen molar-refractivity contribution < 1.29 is 28.2 Å². The smallest absolute Gasteiger partial charge is 0.327 e. The van der Waals surface area contributed by atoms with E-state index in [9.17, 15) is 23.5 Å². The third-order valence-electron chi connectivity index (χ3n) is 6.37. The first kappa shape index (κ1) is 29.3. The quantitative estimate of drug-likeness (QED) is 0.123. The van der Waals surface area contributed by atoms with Crippen molar-refractivity contribution in [2.75, 3.05) is 17.5 Å². The fraction of sp³-hybridized carbons (Fsp3) is 0.200. The van der Waals surface area contributed by atoms with E-state index in [4.69, 9.17) is 4.74 Å². The average molecular weight is 626 g/mol. The Hall–Kier alpha value is -3.73. The van der Waals surface area contributed by atoms with Gasteiger partial charge in [-0.25, -0.2) is 9.00 Å². The Morgan fingerprint density at radius 2 is 1.55 bits per heavy atom. The fourth-order valence-corrected chi connectivity index (χ4v) is 5.35. The lowest BCUT2D eigenvalue weighted by molar-refractivity contribution is -0.138. The molecule has 0 saturated heterocycles. The van der Waals surface area contributed by atoms with Crippen LogP contribution < -0.4 is 14.4 Å². The minimum absolute atomic E-state index is 0.123. The van der Waals surface area contributed by atoms with E-state index < -0.39 is 23.3 Å². The summed E-state index contributed by atoms with van der Waals surface area (Å²) in [6.07, 6.45) is 1.04. The summed E-state index contributed by atoms with van der Waals surface area (Å²) in [7, 11) is 0. The molecule has 3 N–H and O–H groups in total. The number of benzene rings is 4. The summed E-state index contributed by atoms with van der Waals surface area (Å²) in [5.41, 5.74) is 2.19. The SMILES string of the molecule is O=C(COc1cccc2ccccc12)NCCCCC(C(=O)O)N(c1ccc(-c2ccc(Br)cc2)cc1)S(=O)O. The number of carboxylic acids is 1. The number of nitrogens with zero attached hydrogens (tertiary/aromatic N) is 1. The zero-order chi connectivity index (χ0) is 28.5. The van der Waals surface area contributed by atoms with Gasteiger partial charge in [-0.3, -0.25) is 13.7 Å². The largest absolute Gasteiger partial charge is 0.483 e. The van der Waals surface area contributed by atoms with Crippen molar-refractivity contribution in [2.24, 2.45) is 0 Å². The van der Waals surface area contributed by atoms with Gasteiger partial charge < -0.3 is 15.2 Å². The summed E-state index contributed by atoms with van der Waals surface area (Å²) in [6.45, 7) is 0.188. The summed E-state index contributed by atoms with van der Waals surface area (Å²) in [4.78, 5) is 24.3. The molecule has 0 aliphatic rings. The Morgan fingerprint density at radius 3 is 2.23 bits per heavy atom. The van der Waals surface area contributed by atoms with Gasteiger partial charge >= 0.3 is 5.97 Å². The van der Waals surface area contributed by atoms with Crippen molar-refractivity contribution in [3.8, 4) is 16.9 Å². The molecule has 4 aromatic rings. The van der Waals surface area contributed by atoms with Gasteiger partial charge in [-0.1, -0.05) is 76.6 Å². The predicted molar refractivity (Wildman–Crippen MR) is 161 cm³/mol. The first-order valence-electron chi connectivity index (χ1n) is 12.7. The topological polar surface area (TPSA) is 116 Å². The number of rotatable bonds is 13. The molecule has 0 aromatic heterocycles. The zero-order valence-electron chi connectivity index (χ0n) is 21.5. The molecule has 40 heavy (non-hydrogen) atoms. The Balaban J connectivity index is 1.28. The molecule has 2 atom stereocenters. The van der Waals surface area contributed by atoms with E-state index in [2.05, 4.69) is 21.2 Å². The number of ether oxygens (including phenoxy) is 1. The number of carbonyl (C=O) groups excluding carboxylic acids is 1. The molecule has 1 amide bonds. The van der Waals surface area contributed by atoms with Gasteiger partial charge in [0.05, 0.1) is 5.69 Å². The number of unbranched alkanes of at least 4 members (excludes halogenated alkanes) is 1. The monoisotopic (exact) mass is 624 g/mol. The van der Waals surface area contributed by atoms with Crippen LogP contribution in [-0.4, -0.2) is 44.9 Å². The lowest BCUT2D eigenvalue weighted by Crippen LogP contribution is -2.42. The number of hydrogen-bond donors (Lipinski definition) is 3. The highest BCUT2D eigenvalue weighted by atomic mass is 79.9. The number of anilines is 1. The van der Waals surface area contributed by atoms with Crippen molar-refractivity contribution in [1.82, 2.24) is 5.32 Å². The fourth-order valence-electron chi connectivity index (χ4n) is 4.37. The molecular weight excluding hydrogens is 596 g/mol. The number of hydrogen-bond acceptors (Lipinski definition) is 4. The summed E-state index contributed by atoms with van der Waals surface area (Å²) in [5, 5.41) is 14.6. The molecule has 0 spiro atoms. The van der Waals surface area contributed by atoms with Gasteiger partial charge in [0.25, 0.3) is 17.2 Å². The zero-order valence-corrected chi connectivity index (χ0v) is 23.9. The minimum Gasteiger partial charge on any atom is -0.483 e. The van der Waals surface area contributed by atoms with Gasteiger partial charge in [-0.05, 0) is 66.1 Å². The minimum atomic E-state index is -2.54. The van der Waals surface area contributed by atoms with Gasteiger partial charge in [0, 0.05) is 16.4 Å². The standard InChI is InChI=1S/C30H29BrN2O6S/c31-24-15-11-21(12-16-24)22-13-17-25(18-14-22)33(40(37)38)27(30(35)36)9-3-4-19-32-29(34)20-39-28-10-5-7-23-6-1-2-8-26(23)28/h1-2,5-8,10-18,27H,3-4,9,19-20H2,(H,32,34)(H,35,36)(H,37,38). The first-order valence-corrected chi connectivity index (χ1v) is 14.6. The molecule has 0 fully saturated rings. The van der Waals surface area contributed by atoms with Gasteiger partial charge in [0.1, 0.15) is 11.8 Å². The maximum Gasteiger partial charge on any atom is 0.327 e. The Kier molecular flexibility index (Phi) is 10.3. The second kappa shape index (κ2) is 14.1. The molecule has 0 bridgehead atoms. The van der Waals surface area contributed by atoms with Crippen LogP contribution in [0.1, 0.15) is 19.3 Å². The van der Waals surface area contributed by atoms with E-state index >= 15 is 0 Å². The molecule has 4 rings (SSSR count). The van der Waals surface area contributed by atoms with Gasteiger partial charge in [0.15, 0.2) is 6.61 Å². The summed E-state index contributed by atoms with van der Waals surface area (Å²) >= 11 is 0.859. The summed E-state index contributed by atoms with van der Waals surface area (Å²) < 4.78 is 29.8. The third-order valence-corrected chi connectivity index (χ3v) is 7.70. The Labute approximate surface area is 243 Å². The molecule has 0 aliphatic carbocycles. The molecule has 2 unspecified atom stereocenters. The summed E-state index contributed by atoms with van der Waals surface area (Å²) in [6, 6.07) is 26.7. The molecule has 208 valence electrons. The third kappa shape index (κ3) is 7.68. The number of carbonyl (C=O) groups is 2. The molecule has 4 aromatic carbocycles.